The smallest absolute Gasteiger partial charge is 0.125 e. The molecule has 84 valence electrons. The number of methoxy groups -OCH3 is 2. The van der Waals surface area contributed by atoms with Crippen LogP contribution >= 0.6 is 15.9 Å². The first-order valence-corrected chi connectivity index (χ1v) is 6.04. The van der Waals surface area contributed by atoms with Crippen molar-refractivity contribution in [2.24, 2.45) is 0 Å². The van der Waals surface area contributed by atoms with Gasteiger partial charge in [0.05, 0.1) is 14.2 Å². The Morgan fingerprint density at radius 3 is 2.00 bits per heavy atom. The Bertz CT molecular complexity index is 311. The summed E-state index contributed by atoms with van der Waals surface area (Å²) in [6, 6.07) is 4.15. The van der Waals surface area contributed by atoms with E-state index in [0.29, 0.717) is 5.92 Å². The van der Waals surface area contributed by atoms with E-state index in [9.17, 15) is 0 Å². The quantitative estimate of drug-likeness (QED) is 0.781. The highest BCUT2D eigenvalue weighted by molar-refractivity contribution is 9.09. The Balaban J connectivity index is 3.20. The Morgan fingerprint density at radius 2 is 1.67 bits per heavy atom. The van der Waals surface area contributed by atoms with Gasteiger partial charge in [-0.2, -0.15) is 0 Å². The lowest BCUT2D eigenvalue weighted by Gasteiger charge is -2.15. The van der Waals surface area contributed by atoms with Crippen LogP contribution in [0.2, 0.25) is 0 Å². The maximum atomic E-state index is 5.33. The molecular weight excluding hydrogens is 256 g/mol. The van der Waals surface area contributed by atoms with Crippen molar-refractivity contribution >= 4 is 15.9 Å². The fourth-order valence-electron chi connectivity index (χ4n) is 1.48. The van der Waals surface area contributed by atoms with Crippen LogP contribution in [0.25, 0.3) is 0 Å². The molecule has 1 aromatic carbocycles. The predicted molar refractivity (Wildman–Crippen MR) is 66.5 cm³/mol. The van der Waals surface area contributed by atoms with E-state index in [2.05, 4.69) is 35.0 Å². The second-order valence-corrected chi connectivity index (χ2v) is 4.25. The van der Waals surface area contributed by atoms with Crippen LogP contribution in [0, 0.1) is 6.92 Å². The molecular formula is C12H17BrO2. The molecule has 0 aliphatic carbocycles. The maximum Gasteiger partial charge on any atom is 0.125 e. The van der Waals surface area contributed by atoms with Crippen LogP contribution in [0.3, 0.4) is 0 Å². The second kappa shape index (κ2) is 5.40. The van der Waals surface area contributed by atoms with Crippen LogP contribution in [0.5, 0.6) is 11.5 Å². The monoisotopic (exact) mass is 272 g/mol. The molecule has 0 fully saturated rings. The van der Waals surface area contributed by atoms with Crippen LogP contribution in [0.1, 0.15) is 24.0 Å². The lowest BCUT2D eigenvalue weighted by molar-refractivity contribution is 0.387. The summed E-state index contributed by atoms with van der Waals surface area (Å²) >= 11 is 3.48. The number of benzene rings is 1. The van der Waals surface area contributed by atoms with E-state index in [1.54, 1.807) is 14.2 Å². The van der Waals surface area contributed by atoms with Gasteiger partial charge >= 0.3 is 0 Å². The summed E-state index contributed by atoms with van der Waals surface area (Å²) in [5, 5.41) is 0.933. The fourth-order valence-corrected chi connectivity index (χ4v) is 1.85. The van der Waals surface area contributed by atoms with Gasteiger partial charge in [-0.15, -0.1) is 0 Å². The van der Waals surface area contributed by atoms with Gasteiger partial charge < -0.3 is 9.47 Å². The minimum absolute atomic E-state index is 0.452. The number of hydrogen-bond acceptors (Lipinski definition) is 2. The summed E-state index contributed by atoms with van der Waals surface area (Å²) in [5.74, 6) is 2.22. The maximum absolute atomic E-state index is 5.33. The van der Waals surface area contributed by atoms with Crippen molar-refractivity contribution in [2.75, 3.05) is 19.5 Å². The molecule has 3 heteroatoms. The first-order chi connectivity index (χ1) is 7.13. The molecule has 1 rings (SSSR count). The molecule has 0 spiro atoms. The highest BCUT2D eigenvalue weighted by atomic mass is 79.9. The zero-order valence-electron chi connectivity index (χ0n) is 9.63. The minimum Gasteiger partial charge on any atom is -0.496 e. The van der Waals surface area contributed by atoms with Crippen LogP contribution in [-0.2, 0) is 0 Å². The molecule has 0 bridgehead atoms. The Kier molecular flexibility index (Phi) is 4.45. The van der Waals surface area contributed by atoms with E-state index in [0.717, 1.165) is 22.4 Å². The third-order valence-electron chi connectivity index (χ3n) is 2.58. The number of alkyl halides is 1. The largest absolute Gasteiger partial charge is 0.496 e. The number of halogens is 1. The fraction of sp³-hybridized carbons (Fsp3) is 0.500. The van der Waals surface area contributed by atoms with Gasteiger partial charge in [-0.3, -0.25) is 0 Å². The topological polar surface area (TPSA) is 18.5 Å². The van der Waals surface area contributed by atoms with E-state index in [1.807, 2.05) is 6.92 Å². The zero-order valence-corrected chi connectivity index (χ0v) is 11.2. The molecule has 0 aliphatic rings. The summed E-state index contributed by atoms with van der Waals surface area (Å²) in [5.41, 5.74) is 2.27. The summed E-state index contributed by atoms with van der Waals surface area (Å²) in [6.07, 6.45) is 0. The van der Waals surface area contributed by atoms with Crippen molar-refractivity contribution in [2.45, 2.75) is 19.8 Å². The molecule has 0 aromatic heterocycles. The van der Waals surface area contributed by atoms with Gasteiger partial charge in [-0.25, -0.2) is 0 Å². The van der Waals surface area contributed by atoms with E-state index >= 15 is 0 Å². The van der Waals surface area contributed by atoms with E-state index < -0.39 is 0 Å². The summed E-state index contributed by atoms with van der Waals surface area (Å²) in [4.78, 5) is 0. The van der Waals surface area contributed by atoms with Crippen molar-refractivity contribution in [1.29, 1.82) is 0 Å². The van der Waals surface area contributed by atoms with Gasteiger partial charge in [0.25, 0.3) is 0 Å². The summed E-state index contributed by atoms with van der Waals surface area (Å²) < 4.78 is 10.7. The molecule has 15 heavy (non-hydrogen) atoms. The number of ether oxygens (including phenoxy) is 2. The Morgan fingerprint density at radius 1 is 1.20 bits per heavy atom. The molecule has 0 heterocycles. The molecule has 0 aliphatic heterocycles. The summed E-state index contributed by atoms with van der Waals surface area (Å²) in [7, 11) is 3.37. The second-order valence-electron chi connectivity index (χ2n) is 3.61. The average molecular weight is 273 g/mol. The van der Waals surface area contributed by atoms with Crippen LogP contribution in [0.15, 0.2) is 12.1 Å². The van der Waals surface area contributed by atoms with Crippen molar-refractivity contribution in [1.82, 2.24) is 0 Å². The molecule has 0 saturated carbocycles. The molecule has 0 N–H and O–H groups in total. The van der Waals surface area contributed by atoms with Crippen molar-refractivity contribution < 1.29 is 9.47 Å². The van der Waals surface area contributed by atoms with Crippen molar-refractivity contribution in [3.63, 3.8) is 0 Å². The molecule has 0 amide bonds. The van der Waals surface area contributed by atoms with Gasteiger partial charge in [0.15, 0.2) is 0 Å². The highest BCUT2D eigenvalue weighted by Gasteiger charge is 2.11. The number of rotatable bonds is 4. The predicted octanol–water partition coefficient (Wildman–Crippen LogP) is 3.51. The third kappa shape index (κ3) is 2.65. The van der Waals surface area contributed by atoms with Gasteiger partial charge in [0.1, 0.15) is 11.5 Å². The number of hydrogen-bond donors (Lipinski definition) is 0. The van der Waals surface area contributed by atoms with Gasteiger partial charge in [0.2, 0.25) is 0 Å². The van der Waals surface area contributed by atoms with Crippen LogP contribution in [-0.4, -0.2) is 19.5 Å². The minimum atomic E-state index is 0.452. The van der Waals surface area contributed by atoms with E-state index in [1.165, 1.54) is 5.56 Å². The van der Waals surface area contributed by atoms with Crippen molar-refractivity contribution in [3.05, 3.63) is 23.3 Å². The van der Waals surface area contributed by atoms with E-state index in [-0.39, 0.29) is 0 Å². The van der Waals surface area contributed by atoms with Gasteiger partial charge in [0, 0.05) is 10.9 Å². The molecule has 0 radical (unpaired) electrons. The van der Waals surface area contributed by atoms with E-state index in [4.69, 9.17) is 9.47 Å². The zero-order chi connectivity index (χ0) is 11.4. The van der Waals surface area contributed by atoms with Crippen LogP contribution < -0.4 is 9.47 Å². The lowest BCUT2D eigenvalue weighted by atomic mass is 10.0. The molecule has 0 saturated heterocycles. The van der Waals surface area contributed by atoms with Gasteiger partial charge in [-0.1, -0.05) is 22.9 Å². The summed E-state index contributed by atoms with van der Waals surface area (Å²) in [6.45, 7) is 4.17. The van der Waals surface area contributed by atoms with Crippen molar-refractivity contribution in [3.8, 4) is 11.5 Å². The van der Waals surface area contributed by atoms with Crippen LogP contribution in [0.4, 0.5) is 0 Å². The molecule has 1 atom stereocenters. The first kappa shape index (κ1) is 12.4. The molecule has 1 aromatic rings. The third-order valence-corrected chi connectivity index (χ3v) is 3.55. The lowest BCUT2D eigenvalue weighted by Crippen LogP contribution is -1.99. The molecule has 1 unspecified atom stereocenters. The Hall–Kier alpha value is -0.700. The molecule has 2 nitrogen and oxygen atoms in total. The SMILES string of the molecule is COc1cc(C(C)CBr)cc(OC)c1C. The highest BCUT2D eigenvalue weighted by Crippen LogP contribution is 2.32. The normalized spacial score (nSPS) is 12.3. The average Bonchev–Trinajstić information content (AvgIpc) is 2.28. The Labute approximate surface area is 99.7 Å². The first-order valence-electron chi connectivity index (χ1n) is 4.92. The van der Waals surface area contributed by atoms with Gasteiger partial charge in [-0.05, 0) is 30.5 Å². The standard InChI is InChI=1S/C12H17BrO2/c1-8(7-13)10-5-11(14-3)9(2)12(6-10)15-4/h5-6,8H,7H2,1-4H3.